The molecule has 0 amide bonds. The largest absolute Gasteiger partial charge is 0.458 e. The van der Waals surface area contributed by atoms with Crippen LogP contribution in [0, 0.1) is 11.3 Å². The molecule has 2 aromatic carbocycles. The van der Waals surface area contributed by atoms with Gasteiger partial charge in [-0.2, -0.15) is 5.26 Å². The summed E-state index contributed by atoms with van der Waals surface area (Å²) >= 11 is 0. The van der Waals surface area contributed by atoms with Crippen LogP contribution in [0.4, 0.5) is 5.69 Å². The molecule has 1 atom stereocenters. The lowest BCUT2D eigenvalue weighted by atomic mass is 10.0. The number of esters is 1. The van der Waals surface area contributed by atoms with E-state index in [2.05, 4.69) is 5.32 Å². The molecule has 0 spiro atoms. The third-order valence-electron chi connectivity index (χ3n) is 3.01. The van der Waals surface area contributed by atoms with Crippen LogP contribution >= 0.6 is 0 Å². The van der Waals surface area contributed by atoms with Gasteiger partial charge in [0, 0.05) is 5.69 Å². The molecule has 2 rings (SSSR count). The molecule has 0 heterocycles. The topological polar surface area (TPSA) is 62.1 Å². The van der Waals surface area contributed by atoms with Crippen molar-refractivity contribution < 1.29 is 9.53 Å². The lowest BCUT2D eigenvalue weighted by Gasteiger charge is -2.22. The van der Waals surface area contributed by atoms with E-state index >= 15 is 0 Å². The lowest BCUT2D eigenvalue weighted by Crippen LogP contribution is -2.43. The van der Waals surface area contributed by atoms with Gasteiger partial charge in [0.1, 0.15) is 12.7 Å². The van der Waals surface area contributed by atoms with E-state index in [9.17, 15) is 10.1 Å². The minimum absolute atomic E-state index is 0.146. The molecule has 0 radical (unpaired) electrons. The van der Waals surface area contributed by atoms with Crippen LogP contribution in [0.2, 0.25) is 0 Å². The molecular weight excluding hydrogens is 264 g/mol. The molecule has 106 valence electrons. The Balaban J connectivity index is 2.02. The van der Waals surface area contributed by atoms with E-state index in [1.54, 1.807) is 12.1 Å². The van der Waals surface area contributed by atoms with Gasteiger partial charge in [-0.1, -0.05) is 48.5 Å². The molecule has 4 heteroatoms. The van der Waals surface area contributed by atoms with Crippen molar-refractivity contribution in [2.24, 2.45) is 0 Å². The number of ether oxygens (including phenoxy) is 1. The molecule has 0 aliphatic heterocycles. The van der Waals surface area contributed by atoms with E-state index in [1.807, 2.05) is 54.6 Å². The number of nitrogens with zero attached hydrogens (tertiary/aromatic N) is 1. The smallest absolute Gasteiger partial charge is 0.346 e. The number of rotatable bonds is 5. The average molecular weight is 280 g/mol. The molecule has 0 aromatic heterocycles. The van der Waals surface area contributed by atoms with Crippen molar-refractivity contribution in [3.05, 3.63) is 66.2 Å². The summed E-state index contributed by atoms with van der Waals surface area (Å²) in [6.07, 6.45) is 0. The van der Waals surface area contributed by atoms with Crippen molar-refractivity contribution in [1.82, 2.24) is 0 Å². The van der Waals surface area contributed by atoms with Crippen LogP contribution in [0.15, 0.2) is 60.7 Å². The zero-order valence-electron chi connectivity index (χ0n) is 11.7. The predicted octanol–water partition coefficient (Wildman–Crippen LogP) is 3.12. The monoisotopic (exact) mass is 280 g/mol. The Morgan fingerprint density at radius 3 is 2.29 bits per heavy atom. The average Bonchev–Trinajstić information content (AvgIpc) is 2.54. The first-order valence-corrected chi connectivity index (χ1v) is 6.60. The van der Waals surface area contributed by atoms with E-state index < -0.39 is 11.5 Å². The molecule has 0 saturated carbocycles. The van der Waals surface area contributed by atoms with E-state index in [0.29, 0.717) is 5.69 Å². The third-order valence-corrected chi connectivity index (χ3v) is 3.01. The minimum Gasteiger partial charge on any atom is -0.458 e. The Kier molecular flexibility index (Phi) is 4.57. The van der Waals surface area contributed by atoms with Crippen molar-refractivity contribution in [1.29, 1.82) is 5.26 Å². The predicted molar refractivity (Wildman–Crippen MR) is 80.3 cm³/mol. The summed E-state index contributed by atoms with van der Waals surface area (Å²) in [5.41, 5.74) is 0.153. The maximum absolute atomic E-state index is 12.2. The molecule has 2 aromatic rings. The Hall–Kier alpha value is -2.80. The molecule has 1 unspecified atom stereocenters. The summed E-state index contributed by atoms with van der Waals surface area (Å²) in [5, 5.41) is 12.2. The van der Waals surface area contributed by atoms with Crippen LogP contribution in [0.3, 0.4) is 0 Å². The summed E-state index contributed by atoms with van der Waals surface area (Å²) in [4.78, 5) is 12.2. The highest BCUT2D eigenvalue weighted by atomic mass is 16.5. The molecule has 21 heavy (non-hydrogen) atoms. The molecule has 0 bridgehead atoms. The number of benzene rings is 2. The molecule has 1 N–H and O–H groups in total. The summed E-state index contributed by atoms with van der Waals surface area (Å²) < 4.78 is 5.23. The second kappa shape index (κ2) is 6.58. The molecule has 0 saturated heterocycles. The van der Waals surface area contributed by atoms with E-state index in [4.69, 9.17) is 4.74 Å². The standard InChI is InChI=1S/C17H16N2O2/c1-17(13-18,19-15-10-6-3-7-11-15)16(20)21-12-14-8-4-2-5-9-14/h2-11,19H,12H2,1H3. The number of hydrogen-bond acceptors (Lipinski definition) is 4. The minimum atomic E-state index is -1.42. The zero-order valence-corrected chi connectivity index (χ0v) is 11.7. The maximum atomic E-state index is 12.2. The van der Waals surface area contributed by atoms with Crippen molar-refractivity contribution in [3.8, 4) is 6.07 Å². The van der Waals surface area contributed by atoms with Gasteiger partial charge < -0.3 is 10.1 Å². The normalized spacial score (nSPS) is 12.8. The zero-order chi connectivity index (χ0) is 15.1. The number of carbonyl (C=O) groups excluding carboxylic acids is 1. The first-order valence-electron chi connectivity index (χ1n) is 6.60. The van der Waals surface area contributed by atoms with Crippen LogP contribution in [0.25, 0.3) is 0 Å². The highest BCUT2D eigenvalue weighted by molar-refractivity contribution is 5.87. The SMILES string of the molecule is CC(C#N)(Nc1ccccc1)C(=O)OCc1ccccc1. The third kappa shape index (κ3) is 3.83. The summed E-state index contributed by atoms with van der Waals surface area (Å²) in [7, 11) is 0. The van der Waals surface area contributed by atoms with Gasteiger partial charge in [-0.15, -0.1) is 0 Å². The van der Waals surface area contributed by atoms with E-state index in [0.717, 1.165) is 5.56 Å². The van der Waals surface area contributed by atoms with Gasteiger partial charge in [-0.05, 0) is 24.6 Å². The van der Waals surface area contributed by atoms with Gasteiger partial charge in [0.15, 0.2) is 0 Å². The van der Waals surface area contributed by atoms with Gasteiger partial charge in [0.05, 0.1) is 0 Å². The molecular formula is C17H16N2O2. The summed E-state index contributed by atoms with van der Waals surface area (Å²) in [5.74, 6) is -0.599. The van der Waals surface area contributed by atoms with Crippen LogP contribution in [-0.4, -0.2) is 11.5 Å². The highest BCUT2D eigenvalue weighted by Gasteiger charge is 2.35. The number of hydrogen-bond donors (Lipinski definition) is 1. The fourth-order valence-corrected chi connectivity index (χ4v) is 1.80. The van der Waals surface area contributed by atoms with E-state index in [1.165, 1.54) is 6.92 Å². The van der Waals surface area contributed by atoms with Gasteiger partial charge in [0.25, 0.3) is 0 Å². The Morgan fingerprint density at radius 2 is 1.71 bits per heavy atom. The number of nitriles is 1. The summed E-state index contributed by atoms with van der Waals surface area (Å²) in [6.45, 7) is 1.65. The quantitative estimate of drug-likeness (QED) is 0.855. The van der Waals surface area contributed by atoms with Gasteiger partial charge in [-0.25, -0.2) is 4.79 Å². The lowest BCUT2D eigenvalue weighted by molar-refractivity contribution is -0.147. The molecule has 0 aliphatic rings. The summed E-state index contributed by atoms with van der Waals surface area (Å²) in [6, 6.07) is 20.4. The van der Waals surface area contributed by atoms with Crippen LogP contribution in [-0.2, 0) is 16.1 Å². The first-order chi connectivity index (χ1) is 10.1. The fourth-order valence-electron chi connectivity index (χ4n) is 1.80. The van der Waals surface area contributed by atoms with Crippen molar-refractivity contribution in [2.75, 3.05) is 5.32 Å². The van der Waals surface area contributed by atoms with E-state index in [-0.39, 0.29) is 6.61 Å². The fraction of sp³-hybridized carbons (Fsp3) is 0.176. The molecule has 4 nitrogen and oxygen atoms in total. The van der Waals surface area contributed by atoms with Crippen LogP contribution < -0.4 is 5.32 Å². The van der Waals surface area contributed by atoms with Gasteiger partial charge in [0.2, 0.25) is 5.54 Å². The number of para-hydroxylation sites is 1. The second-order valence-electron chi connectivity index (χ2n) is 4.79. The van der Waals surface area contributed by atoms with Crippen molar-refractivity contribution >= 4 is 11.7 Å². The molecule has 0 fully saturated rings. The maximum Gasteiger partial charge on any atom is 0.346 e. The highest BCUT2D eigenvalue weighted by Crippen LogP contribution is 2.16. The molecule has 0 aliphatic carbocycles. The van der Waals surface area contributed by atoms with Crippen LogP contribution in [0.1, 0.15) is 12.5 Å². The number of nitrogens with one attached hydrogen (secondary N) is 1. The van der Waals surface area contributed by atoms with Gasteiger partial charge in [-0.3, -0.25) is 0 Å². The van der Waals surface area contributed by atoms with Gasteiger partial charge >= 0.3 is 5.97 Å². The van der Waals surface area contributed by atoms with Crippen LogP contribution in [0.5, 0.6) is 0 Å². The Bertz CT molecular complexity index is 635. The Labute approximate surface area is 124 Å². The Morgan fingerprint density at radius 1 is 1.14 bits per heavy atom. The number of carbonyl (C=O) groups is 1. The second-order valence-corrected chi connectivity index (χ2v) is 4.79. The first kappa shape index (κ1) is 14.6. The number of anilines is 1. The van der Waals surface area contributed by atoms with Crippen molar-refractivity contribution in [2.45, 2.75) is 19.1 Å². The van der Waals surface area contributed by atoms with Crippen molar-refractivity contribution in [3.63, 3.8) is 0 Å².